The van der Waals surface area contributed by atoms with E-state index in [4.69, 9.17) is 10.5 Å². The molecule has 1 aliphatic heterocycles. The summed E-state index contributed by atoms with van der Waals surface area (Å²) < 4.78 is 47.4. The van der Waals surface area contributed by atoms with Gasteiger partial charge in [0.05, 0.1) is 29.7 Å². The van der Waals surface area contributed by atoms with Crippen LogP contribution in [0.1, 0.15) is 45.1 Å². The number of benzene rings is 3. The number of unbranched alkanes of at least 4 members (excludes halogenated alkanes) is 1. The van der Waals surface area contributed by atoms with Crippen molar-refractivity contribution in [3.8, 4) is 0 Å². The largest absolute Gasteiger partial charge is 0.396 e. The predicted molar refractivity (Wildman–Crippen MR) is 176 cm³/mol. The van der Waals surface area contributed by atoms with Gasteiger partial charge in [0.15, 0.2) is 0 Å². The van der Waals surface area contributed by atoms with Crippen molar-refractivity contribution >= 4 is 38.3 Å². The first kappa shape index (κ1) is 35.3. The van der Waals surface area contributed by atoms with E-state index in [1.54, 1.807) is 0 Å². The van der Waals surface area contributed by atoms with E-state index in [2.05, 4.69) is 10.6 Å². The molecule has 2 amide bonds. The Balaban J connectivity index is 1.37. The molecular formula is C34H45FN4O6S. The van der Waals surface area contributed by atoms with Gasteiger partial charge in [-0.1, -0.05) is 62.7 Å². The highest BCUT2D eigenvalue weighted by Gasteiger charge is 2.32. The van der Waals surface area contributed by atoms with Gasteiger partial charge in [-0.3, -0.25) is 9.59 Å². The van der Waals surface area contributed by atoms with Crippen LogP contribution in [0.4, 0.5) is 10.1 Å². The molecule has 5 N–H and O–H groups in total. The lowest BCUT2D eigenvalue weighted by molar-refractivity contribution is -0.131. The summed E-state index contributed by atoms with van der Waals surface area (Å²) in [5, 5.41) is 18.2. The smallest absolute Gasteiger partial charge is 0.243 e. The Bertz CT molecular complexity index is 1600. The maximum Gasteiger partial charge on any atom is 0.243 e. The van der Waals surface area contributed by atoms with Crippen LogP contribution in [-0.2, 0) is 30.8 Å². The molecule has 4 rings (SSSR count). The van der Waals surface area contributed by atoms with Crippen molar-refractivity contribution in [1.29, 1.82) is 0 Å². The zero-order chi connectivity index (χ0) is 33.3. The molecule has 1 heterocycles. The Morgan fingerprint density at radius 2 is 1.85 bits per heavy atom. The number of nitrogens with two attached hydrogens (primary N) is 1. The van der Waals surface area contributed by atoms with E-state index in [1.165, 1.54) is 10.4 Å². The molecule has 1 unspecified atom stereocenters. The van der Waals surface area contributed by atoms with Gasteiger partial charge in [0, 0.05) is 32.2 Å². The average Bonchev–Trinajstić information content (AvgIpc) is 3.58. The number of hydrogen-bond acceptors (Lipinski definition) is 7. The van der Waals surface area contributed by atoms with Crippen LogP contribution in [0.2, 0.25) is 0 Å². The maximum absolute atomic E-state index is 13.7. The summed E-state index contributed by atoms with van der Waals surface area (Å²) in [5.74, 6) is -1.55. The van der Waals surface area contributed by atoms with Crippen LogP contribution in [0, 0.1) is 17.7 Å². The highest BCUT2D eigenvalue weighted by molar-refractivity contribution is 7.89. The third-order valence-corrected chi connectivity index (χ3v) is 10.1. The highest BCUT2D eigenvalue weighted by atomic mass is 32.2. The zero-order valence-corrected chi connectivity index (χ0v) is 27.3. The number of aliphatic hydroxyl groups excluding tert-OH is 1. The number of amides is 2. The minimum absolute atomic E-state index is 0.0357. The van der Waals surface area contributed by atoms with Gasteiger partial charge in [-0.2, -0.15) is 4.31 Å². The minimum Gasteiger partial charge on any atom is -0.396 e. The lowest BCUT2D eigenvalue weighted by Crippen LogP contribution is -2.50. The summed E-state index contributed by atoms with van der Waals surface area (Å²) in [7, 11) is -4.07. The van der Waals surface area contributed by atoms with E-state index in [-0.39, 0.29) is 40.8 Å². The van der Waals surface area contributed by atoms with Crippen molar-refractivity contribution in [3.05, 3.63) is 72.0 Å². The van der Waals surface area contributed by atoms with Crippen LogP contribution in [0.15, 0.2) is 65.6 Å². The number of sulfonamides is 1. The molecule has 1 saturated heterocycles. The van der Waals surface area contributed by atoms with Gasteiger partial charge >= 0.3 is 0 Å². The summed E-state index contributed by atoms with van der Waals surface area (Å²) in [4.78, 5) is 26.2. The zero-order valence-electron chi connectivity index (χ0n) is 26.5. The normalized spacial score (nSPS) is 16.5. The van der Waals surface area contributed by atoms with Gasteiger partial charge in [-0.15, -0.1) is 0 Å². The van der Waals surface area contributed by atoms with Crippen molar-refractivity contribution in [2.45, 2.75) is 62.9 Å². The molecule has 12 heteroatoms. The summed E-state index contributed by atoms with van der Waals surface area (Å²) in [5.41, 5.74) is 6.29. The molecule has 0 aromatic heterocycles. The predicted octanol–water partition coefficient (Wildman–Crippen LogP) is 3.62. The molecule has 0 radical (unpaired) electrons. The number of halogens is 1. The van der Waals surface area contributed by atoms with Crippen LogP contribution >= 0.6 is 0 Å². The fourth-order valence-corrected chi connectivity index (χ4v) is 7.47. The van der Waals surface area contributed by atoms with Gasteiger partial charge in [0.2, 0.25) is 21.8 Å². The second-order valence-corrected chi connectivity index (χ2v) is 14.2. The average molecular weight is 657 g/mol. The molecule has 3 aromatic carbocycles. The lowest BCUT2D eigenvalue weighted by atomic mass is 10.00. The van der Waals surface area contributed by atoms with Crippen molar-refractivity contribution in [2.75, 3.05) is 38.6 Å². The number of aliphatic hydroxyl groups is 1. The van der Waals surface area contributed by atoms with Crippen LogP contribution in [0.3, 0.4) is 0 Å². The second kappa shape index (κ2) is 16.3. The Hall–Kier alpha value is -3.58. The molecule has 3 atom stereocenters. The number of nitrogens with one attached hydrogen (secondary N) is 2. The molecule has 0 spiro atoms. The van der Waals surface area contributed by atoms with Gasteiger partial charge in [-0.25, -0.2) is 12.8 Å². The van der Waals surface area contributed by atoms with E-state index >= 15 is 0 Å². The number of rotatable bonds is 16. The molecule has 46 heavy (non-hydrogen) atoms. The first-order chi connectivity index (χ1) is 22.0. The standard InChI is InChI=1S/C34H45FN4O6S/c1-23(2)20-39(46(43,44)29-12-13-30(35)31(36)19-29)28(21-40)9-5-6-15-37-34(42)32(38-33(41)27-14-16-45-22-27)18-24-10-11-25-7-3-4-8-26(25)17-24/h3-4,7-8,10-13,17,19,23,27-28,32,40H,5-6,9,14-16,18,20-22,36H2,1-2H3,(H,37,42)(H,38,41)/t27?,28-,32-/m0/s1. The number of carbonyl (C=O) groups is 2. The Kier molecular flexibility index (Phi) is 12.5. The van der Waals surface area contributed by atoms with Crippen LogP contribution in [0.25, 0.3) is 10.8 Å². The van der Waals surface area contributed by atoms with Crippen LogP contribution in [0.5, 0.6) is 0 Å². The number of ether oxygens (including phenoxy) is 1. The number of nitrogens with zero attached hydrogens (tertiary/aromatic N) is 1. The second-order valence-electron chi connectivity index (χ2n) is 12.3. The SMILES string of the molecule is CC(C)CN([C@H](CO)CCCCNC(=O)[C@H](Cc1ccc2ccccc2c1)NC(=O)C1CCOC1)S(=O)(=O)c1ccc(F)c(N)c1. The Morgan fingerprint density at radius 1 is 1.09 bits per heavy atom. The number of carbonyl (C=O) groups excluding carboxylic acids is 2. The van der Waals surface area contributed by atoms with Gasteiger partial charge in [-0.05, 0) is 59.7 Å². The van der Waals surface area contributed by atoms with Crippen molar-refractivity contribution in [2.24, 2.45) is 11.8 Å². The number of anilines is 1. The fraction of sp³-hybridized carbons (Fsp3) is 0.471. The third-order valence-electron chi connectivity index (χ3n) is 8.19. The molecule has 0 aliphatic carbocycles. The summed E-state index contributed by atoms with van der Waals surface area (Å²) in [6, 6.07) is 15.7. The maximum atomic E-state index is 13.7. The Morgan fingerprint density at radius 3 is 2.52 bits per heavy atom. The summed E-state index contributed by atoms with van der Waals surface area (Å²) in [6.45, 7) is 4.65. The van der Waals surface area contributed by atoms with Crippen molar-refractivity contribution in [1.82, 2.24) is 14.9 Å². The highest BCUT2D eigenvalue weighted by Crippen LogP contribution is 2.25. The van der Waals surface area contributed by atoms with E-state index in [0.29, 0.717) is 51.9 Å². The molecule has 1 aliphatic rings. The molecular weight excluding hydrogens is 611 g/mol. The van der Waals surface area contributed by atoms with Crippen molar-refractivity contribution in [3.63, 3.8) is 0 Å². The van der Waals surface area contributed by atoms with Crippen molar-refractivity contribution < 1.29 is 32.2 Å². The molecule has 0 bridgehead atoms. The first-order valence-corrected chi connectivity index (χ1v) is 17.2. The number of hydrogen-bond donors (Lipinski definition) is 4. The van der Waals surface area contributed by atoms with Gasteiger partial charge < -0.3 is 26.2 Å². The quantitative estimate of drug-likeness (QED) is 0.136. The molecule has 250 valence electrons. The Labute approximate surface area is 270 Å². The van der Waals surface area contributed by atoms with E-state index < -0.39 is 34.5 Å². The van der Waals surface area contributed by atoms with Gasteiger partial charge in [0.25, 0.3) is 0 Å². The molecule has 3 aromatic rings. The van der Waals surface area contributed by atoms with Crippen LogP contribution < -0.4 is 16.4 Å². The number of nitrogen functional groups attached to an aromatic ring is 1. The topological polar surface area (TPSA) is 151 Å². The summed E-state index contributed by atoms with van der Waals surface area (Å²) >= 11 is 0. The van der Waals surface area contributed by atoms with E-state index in [1.807, 2.05) is 56.3 Å². The minimum atomic E-state index is -4.07. The molecule has 1 fully saturated rings. The van der Waals surface area contributed by atoms with Crippen LogP contribution in [-0.4, -0.2) is 74.6 Å². The summed E-state index contributed by atoms with van der Waals surface area (Å²) in [6.07, 6.45) is 2.31. The fourth-order valence-electron chi connectivity index (χ4n) is 5.63. The monoisotopic (exact) mass is 656 g/mol. The number of fused-ring (bicyclic) bond motifs is 1. The first-order valence-electron chi connectivity index (χ1n) is 15.8. The third kappa shape index (κ3) is 9.25. The van der Waals surface area contributed by atoms with Gasteiger partial charge in [0.1, 0.15) is 11.9 Å². The van der Waals surface area contributed by atoms with E-state index in [9.17, 15) is 27.5 Å². The van der Waals surface area contributed by atoms with E-state index in [0.717, 1.165) is 28.5 Å². The molecule has 10 nitrogen and oxygen atoms in total. The lowest BCUT2D eigenvalue weighted by Gasteiger charge is -2.31. The molecule has 0 saturated carbocycles.